The van der Waals surface area contributed by atoms with Crippen molar-refractivity contribution in [2.45, 2.75) is 13.3 Å². The van der Waals surface area contributed by atoms with E-state index in [-0.39, 0.29) is 19.6 Å². The van der Waals surface area contributed by atoms with Gasteiger partial charge in [-0.05, 0) is 6.92 Å². The molecular weight excluding hydrogens is 204 g/mol. The summed E-state index contributed by atoms with van der Waals surface area (Å²) in [6, 6.07) is 0. The number of hydrogen-bond acceptors (Lipinski definition) is 5. The minimum absolute atomic E-state index is 0.0412. The maximum Gasteiger partial charge on any atom is 0.331 e. The van der Waals surface area contributed by atoms with Crippen LogP contribution < -0.4 is 0 Å². The molecule has 0 spiro atoms. The van der Waals surface area contributed by atoms with Crippen LogP contribution >= 0.6 is 0 Å². The molecule has 0 atom stereocenters. The van der Waals surface area contributed by atoms with Crippen molar-refractivity contribution in [3.63, 3.8) is 0 Å². The molecule has 0 aliphatic carbocycles. The van der Waals surface area contributed by atoms with Crippen LogP contribution in [-0.4, -0.2) is 36.2 Å². The highest BCUT2D eigenvalue weighted by atomic mass is 16.5. The third kappa shape index (κ3) is 8.48. The summed E-state index contributed by atoms with van der Waals surface area (Å²) in [6.07, 6.45) is 1.39. The third-order valence-electron chi connectivity index (χ3n) is 1.22. The van der Waals surface area contributed by atoms with E-state index in [0.717, 1.165) is 6.08 Å². The molecule has 0 aromatic rings. The van der Waals surface area contributed by atoms with Gasteiger partial charge in [0, 0.05) is 12.2 Å². The Morgan fingerprint density at radius 2 is 1.87 bits per heavy atom. The molecule has 0 radical (unpaired) electrons. The Morgan fingerprint density at radius 3 is 2.40 bits per heavy atom. The highest BCUT2D eigenvalue weighted by Gasteiger charge is 2.03. The second kappa shape index (κ2) is 7.54. The molecular formula is C9H12O6. The number of rotatable bonds is 6. The largest absolute Gasteiger partial charge is 0.478 e. The topological polar surface area (TPSA) is 89.9 Å². The molecule has 0 bridgehead atoms. The van der Waals surface area contributed by atoms with Crippen LogP contribution in [0.2, 0.25) is 0 Å². The van der Waals surface area contributed by atoms with Gasteiger partial charge in [-0.1, -0.05) is 0 Å². The lowest BCUT2D eigenvalue weighted by atomic mass is 10.4. The smallest absolute Gasteiger partial charge is 0.331 e. The monoisotopic (exact) mass is 216 g/mol. The first-order valence-corrected chi connectivity index (χ1v) is 4.29. The van der Waals surface area contributed by atoms with Crippen molar-refractivity contribution in [3.05, 3.63) is 12.2 Å². The van der Waals surface area contributed by atoms with Crippen LogP contribution in [-0.2, 0) is 23.9 Å². The molecule has 0 aliphatic rings. The summed E-state index contributed by atoms with van der Waals surface area (Å²) in [7, 11) is 0. The van der Waals surface area contributed by atoms with Crippen molar-refractivity contribution < 1.29 is 29.0 Å². The summed E-state index contributed by atoms with van der Waals surface area (Å²) in [5, 5.41) is 8.18. The van der Waals surface area contributed by atoms with Gasteiger partial charge in [0.1, 0.15) is 6.61 Å². The van der Waals surface area contributed by atoms with E-state index in [1.165, 1.54) is 0 Å². The zero-order valence-corrected chi connectivity index (χ0v) is 8.26. The first-order valence-electron chi connectivity index (χ1n) is 4.29. The van der Waals surface area contributed by atoms with E-state index in [1.807, 2.05) is 0 Å². The minimum atomic E-state index is -1.24. The summed E-state index contributed by atoms with van der Waals surface area (Å²) in [6.45, 7) is 1.81. The van der Waals surface area contributed by atoms with E-state index >= 15 is 0 Å². The summed E-state index contributed by atoms with van der Waals surface area (Å²) in [4.78, 5) is 31.5. The highest BCUT2D eigenvalue weighted by Crippen LogP contribution is 1.89. The predicted molar refractivity (Wildman–Crippen MR) is 49.0 cm³/mol. The van der Waals surface area contributed by atoms with Gasteiger partial charge in [0.15, 0.2) is 0 Å². The van der Waals surface area contributed by atoms with E-state index in [9.17, 15) is 14.4 Å². The average Bonchev–Trinajstić information content (AvgIpc) is 2.15. The van der Waals surface area contributed by atoms with Gasteiger partial charge >= 0.3 is 17.9 Å². The van der Waals surface area contributed by atoms with Crippen LogP contribution in [0.3, 0.4) is 0 Å². The molecule has 0 fully saturated rings. The van der Waals surface area contributed by atoms with Crippen LogP contribution in [0, 0.1) is 0 Å². The molecule has 0 aromatic heterocycles. The maximum absolute atomic E-state index is 10.8. The van der Waals surface area contributed by atoms with Gasteiger partial charge in [0.2, 0.25) is 0 Å². The van der Waals surface area contributed by atoms with E-state index in [1.54, 1.807) is 6.92 Å². The Bertz CT molecular complexity index is 268. The molecule has 84 valence electrons. The molecule has 0 heterocycles. The Balaban J connectivity index is 3.64. The van der Waals surface area contributed by atoms with Gasteiger partial charge in [-0.3, -0.25) is 4.79 Å². The highest BCUT2D eigenvalue weighted by molar-refractivity contribution is 5.90. The summed E-state index contributed by atoms with van der Waals surface area (Å²) < 4.78 is 9.10. The quantitative estimate of drug-likeness (QED) is 0.501. The number of carboxylic acids is 1. The van der Waals surface area contributed by atoms with Crippen molar-refractivity contribution in [1.29, 1.82) is 0 Å². The van der Waals surface area contributed by atoms with Crippen LogP contribution in [0.1, 0.15) is 13.3 Å². The number of hydrogen-bond donors (Lipinski definition) is 1. The van der Waals surface area contributed by atoms with Crippen LogP contribution in [0.15, 0.2) is 12.2 Å². The summed E-state index contributed by atoms with van der Waals surface area (Å²) >= 11 is 0. The average molecular weight is 216 g/mol. The SMILES string of the molecule is CCOC(=O)CCOC(=O)/C=C\C(=O)O. The molecule has 6 heteroatoms. The lowest BCUT2D eigenvalue weighted by Crippen LogP contribution is -2.10. The van der Waals surface area contributed by atoms with Crippen LogP contribution in [0.25, 0.3) is 0 Å². The van der Waals surface area contributed by atoms with Crippen molar-refractivity contribution in [3.8, 4) is 0 Å². The molecule has 0 saturated heterocycles. The Hall–Kier alpha value is -1.85. The summed E-state index contributed by atoms with van der Waals surface area (Å²) in [5.74, 6) is -2.51. The number of aliphatic carboxylic acids is 1. The molecule has 0 rings (SSSR count). The molecule has 0 saturated carbocycles. The Labute approximate surface area is 86.5 Å². The fraction of sp³-hybridized carbons (Fsp3) is 0.444. The van der Waals surface area contributed by atoms with Crippen molar-refractivity contribution in [2.75, 3.05) is 13.2 Å². The Morgan fingerprint density at radius 1 is 1.20 bits per heavy atom. The normalized spacial score (nSPS) is 9.93. The van der Waals surface area contributed by atoms with Crippen LogP contribution in [0.5, 0.6) is 0 Å². The van der Waals surface area contributed by atoms with Gasteiger partial charge in [0.25, 0.3) is 0 Å². The first kappa shape index (κ1) is 13.2. The number of esters is 2. The van der Waals surface area contributed by atoms with Gasteiger partial charge in [0.05, 0.1) is 13.0 Å². The molecule has 0 unspecified atom stereocenters. The van der Waals surface area contributed by atoms with Gasteiger partial charge in [-0.2, -0.15) is 0 Å². The second-order valence-corrected chi connectivity index (χ2v) is 2.39. The number of carbonyl (C=O) groups is 3. The van der Waals surface area contributed by atoms with Gasteiger partial charge in [-0.15, -0.1) is 0 Å². The molecule has 1 N–H and O–H groups in total. The van der Waals surface area contributed by atoms with E-state index < -0.39 is 17.9 Å². The fourth-order valence-electron chi connectivity index (χ4n) is 0.656. The van der Waals surface area contributed by atoms with E-state index in [0.29, 0.717) is 6.08 Å². The number of carbonyl (C=O) groups excluding carboxylic acids is 2. The van der Waals surface area contributed by atoms with Gasteiger partial charge < -0.3 is 14.6 Å². The lowest BCUT2D eigenvalue weighted by Gasteiger charge is -2.01. The molecule has 0 aromatic carbocycles. The molecule has 0 aliphatic heterocycles. The molecule has 6 nitrogen and oxygen atoms in total. The van der Waals surface area contributed by atoms with Crippen LogP contribution in [0.4, 0.5) is 0 Å². The summed E-state index contributed by atoms with van der Waals surface area (Å²) in [5.41, 5.74) is 0. The standard InChI is InChI=1S/C9H12O6/c1-2-14-9(13)5-6-15-8(12)4-3-7(10)11/h3-4H,2,5-6H2,1H3,(H,10,11)/b4-3-. The first-order chi connectivity index (χ1) is 7.06. The molecule has 0 amide bonds. The molecule has 15 heavy (non-hydrogen) atoms. The van der Waals surface area contributed by atoms with Crippen molar-refractivity contribution in [2.24, 2.45) is 0 Å². The second-order valence-electron chi connectivity index (χ2n) is 2.39. The van der Waals surface area contributed by atoms with Crippen molar-refractivity contribution in [1.82, 2.24) is 0 Å². The minimum Gasteiger partial charge on any atom is -0.478 e. The van der Waals surface area contributed by atoms with E-state index in [4.69, 9.17) is 5.11 Å². The fourth-order valence-corrected chi connectivity index (χ4v) is 0.656. The number of ether oxygens (including phenoxy) is 2. The van der Waals surface area contributed by atoms with Crippen molar-refractivity contribution >= 4 is 17.9 Å². The predicted octanol–water partition coefficient (Wildman–Crippen LogP) is 0.124. The zero-order valence-electron chi connectivity index (χ0n) is 8.26. The third-order valence-corrected chi connectivity index (χ3v) is 1.22. The van der Waals surface area contributed by atoms with Gasteiger partial charge in [-0.25, -0.2) is 9.59 Å². The zero-order chi connectivity index (χ0) is 11.7. The maximum atomic E-state index is 10.8. The van der Waals surface area contributed by atoms with E-state index in [2.05, 4.69) is 9.47 Å². The number of carboxylic acid groups (broad SMARTS) is 1. The Kier molecular flexibility index (Phi) is 6.61. The lowest BCUT2D eigenvalue weighted by molar-refractivity contribution is -0.147.